The summed E-state index contributed by atoms with van der Waals surface area (Å²) in [5.41, 5.74) is 0. The molecular weight excluding hydrogens is 545 g/mol. The van der Waals surface area contributed by atoms with Crippen LogP contribution in [0.4, 0.5) is 4.79 Å². The van der Waals surface area contributed by atoms with Crippen molar-refractivity contribution < 1.29 is 4.79 Å². The Bertz CT molecular complexity index is 704. The molecule has 3 rings (SSSR count). The summed E-state index contributed by atoms with van der Waals surface area (Å²) in [6, 6.07) is -0.0258. The Morgan fingerprint density at radius 1 is 0.788 bits per heavy atom. The van der Waals surface area contributed by atoms with Crippen molar-refractivity contribution in [1.29, 1.82) is 0 Å². The molecule has 0 atom stereocenters. The van der Waals surface area contributed by atoms with Crippen molar-refractivity contribution in [3.05, 3.63) is 26.6 Å². The standard InChI is InChI=1S/C23H36N2OS7/c1-2-3-4-5-6-7-8-9-10-11-12-24-23(26)25-13-14-27-18-17-30-21(31-18)22-32-19-20(33-22)29-16-15-28-19/h17H,2-16H2,1H3,(H2,24,25,26). The van der Waals surface area contributed by atoms with Crippen molar-refractivity contribution in [3.8, 4) is 0 Å². The predicted octanol–water partition coefficient (Wildman–Crippen LogP) is 9.43. The summed E-state index contributed by atoms with van der Waals surface area (Å²) in [5.74, 6) is 3.38. The summed E-state index contributed by atoms with van der Waals surface area (Å²) in [5, 5.41) is 8.26. The highest BCUT2D eigenvalue weighted by atomic mass is 32.3. The molecule has 0 aromatic rings. The highest BCUT2D eigenvalue weighted by Gasteiger charge is 2.29. The molecule has 3 aliphatic rings. The van der Waals surface area contributed by atoms with Gasteiger partial charge in [-0.2, -0.15) is 0 Å². The molecule has 0 aromatic carbocycles. The Labute approximate surface area is 230 Å². The second-order valence-electron chi connectivity index (χ2n) is 7.92. The van der Waals surface area contributed by atoms with Gasteiger partial charge in [-0.25, -0.2) is 4.79 Å². The summed E-state index contributed by atoms with van der Waals surface area (Å²) in [6.45, 7) is 3.76. The molecule has 2 amide bonds. The van der Waals surface area contributed by atoms with E-state index in [0.29, 0.717) is 6.54 Å². The second kappa shape index (κ2) is 17.4. The lowest BCUT2D eigenvalue weighted by atomic mass is 10.1. The molecule has 10 heteroatoms. The van der Waals surface area contributed by atoms with E-state index in [1.165, 1.54) is 90.5 Å². The van der Waals surface area contributed by atoms with Crippen LogP contribution in [0.1, 0.15) is 71.1 Å². The fraction of sp³-hybridized carbons (Fsp3) is 0.696. The van der Waals surface area contributed by atoms with Crippen LogP contribution in [0.3, 0.4) is 0 Å². The molecule has 3 heterocycles. The molecule has 0 saturated carbocycles. The minimum absolute atomic E-state index is 0.0258. The number of urea groups is 1. The summed E-state index contributed by atoms with van der Waals surface area (Å²) in [4.78, 5) is 12.0. The van der Waals surface area contributed by atoms with E-state index in [-0.39, 0.29) is 6.03 Å². The lowest BCUT2D eigenvalue weighted by molar-refractivity contribution is 0.241. The van der Waals surface area contributed by atoms with Gasteiger partial charge in [0.15, 0.2) is 0 Å². The van der Waals surface area contributed by atoms with Crippen LogP contribution in [0, 0.1) is 0 Å². The first kappa shape index (κ1) is 28.5. The summed E-state index contributed by atoms with van der Waals surface area (Å²) < 4.78 is 7.24. The first-order chi connectivity index (χ1) is 16.3. The molecule has 186 valence electrons. The lowest BCUT2D eigenvalue weighted by Crippen LogP contribution is -2.37. The largest absolute Gasteiger partial charge is 0.338 e. The first-order valence-electron chi connectivity index (χ1n) is 12.0. The van der Waals surface area contributed by atoms with Crippen LogP contribution in [0.5, 0.6) is 0 Å². The van der Waals surface area contributed by atoms with Crippen molar-refractivity contribution in [1.82, 2.24) is 10.6 Å². The number of rotatable bonds is 15. The molecule has 2 N–H and O–H groups in total. The Morgan fingerprint density at radius 3 is 2.06 bits per heavy atom. The van der Waals surface area contributed by atoms with Crippen LogP contribution in [0.15, 0.2) is 26.6 Å². The van der Waals surface area contributed by atoms with Crippen LogP contribution in [-0.4, -0.2) is 36.4 Å². The zero-order valence-corrected chi connectivity index (χ0v) is 25.2. The summed E-state index contributed by atoms with van der Waals surface area (Å²) >= 11 is 13.5. The van der Waals surface area contributed by atoms with Gasteiger partial charge in [-0.15, -0.1) is 35.3 Å². The molecule has 0 spiro atoms. The van der Waals surface area contributed by atoms with E-state index in [0.717, 1.165) is 18.7 Å². The minimum Gasteiger partial charge on any atom is -0.338 e. The summed E-state index contributed by atoms with van der Waals surface area (Å²) in [7, 11) is 0. The fourth-order valence-electron chi connectivity index (χ4n) is 3.39. The molecule has 0 unspecified atom stereocenters. The maximum atomic E-state index is 12.0. The van der Waals surface area contributed by atoms with Gasteiger partial charge < -0.3 is 10.6 Å². The van der Waals surface area contributed by atoms with E-state index in [2.05, 4.69) is 23.0 Å². The van der Waals surface area contributed by atoms with Crippen LogP contribution in [0.2, 0.25) is 0 Å². The number of amides is 2. The molecule has 33 heavy (non-hydrogen) atoms. The van der Waals surface area contributed by atoms with Gasteiger partial charge in [0.25, 0.3) is 0 Å². The Kier molecular flexibility index (Phi) is 15.0. The average Bonchev–Trinajstić information content (AvgIpc) is 3.47. The first-order valence-corrected chi connectivity index (χ1v) is 18.3. The van der Waals surface area contributed by atoms with E-state index in [4.69, 9.17) is 0 Å². The SMILES string of the molecule is CCCCCCCCCCCCNC(=O)NCCSC1=CSC(=C2SC3=C(SCCS3)S2)S1. The highest BCUT2D eigenvalue weighted by Crippen LogP contribution is 2.64. The van der Waals surface area contributed by atoms with E-state index in [9.17, 15) is 4.79 Å². The van der Waals surface area contributed by atoms with Crippen LogP contribution >= 0.6 is 82.3 Å². The van der Waals surface area contributed by atoms with Crippen molar-refractivity contribution in [2.24, 2.45) is 0 Å². The van der Waals surface area contributed by atoms with Crippen molar-refractivity contribution >= 4 is 88.4 Å². The van der Waals surface area contributed by atoms with E-state index in [1.54, 1.807) is 0 Å². The third-order valence-corrected chi connectivity index (χ3v) is 15.2. The van der Waals surface area contributed by atoms with Gasteiger partial charge in [0.2, 0.25) is 0 Å². The van der Waals surface area contributed by atoms with Gasteiger partial charge in [-0.3, -0.25) is 0 Å². The van der Waals surface area contributed by atoms with E-state index < -0.39 is 0 Å². The smallest absolute Gasteiger partial charge is 0.314 e. The van der Waals surface area contributed by atoms with Crippen LogP contribution in [0.25, 0.3) is 0 Å². The van der Waals surface area contributed by atoms with Gasteiger partial charge >= 0.3 is 6.03 Å². The lowest BCUT2D eigenvalue weighted by Gasteiger charge is -2.08. The molecular formula is C23H36N2OS7. The van der Waals surface area contributed by atoms with Crippen LogP contribution in [-0.2, 0) is 0 Å². The zero-order valence-electron chi connectivity index (χ0n) is 19.4. The minimum atomic E-state index is -0.0258. The van der Waals surface area contributed by atoms with Crippen LogP contribution < -0.4 is 10.6 Å². The normalized spacial score (nSPS) is 18.0. The second-order valence-corrected chi connectivity index (χ2v) is 16.5. The monoisotopic (exact) mass is 580 g/mol. The predicted molar refractivity (Wildman–Crippen MR) is 163 cm³/mol. The maximum Gasteiger partial charge on any atom is 0.314 e. The quantitative estimate of drug-likeness (QED) is 0.186. The molecule has 0 fully saturated rings. The molecule has 3 nitrogen and oxygen atoms in total. The van der Waals surface area contributed by atoms with Gasteiger partial charge in [0.1, 0.15) is 0 Å². The third kappa shape index (κ3) is 11.3. The van der Waals surface area contributed by atoms with Gasteiger partial charge in [0.05, 0.1) is 21.2 Å². The zero-order chi connectivity index (χ0) is 23.1. The number of carbonyl (C=O) groups is 1. The Balaban J connectivity index is 1.13. The number of hydrogen-bond donors (Lipinski definition) is 2. The number of unbranched alkanes of at least 4 members (excludes halogenated alkanes) is 9. The molecule has 0 aromatic heterocycles. The topological polar surface area (TPSA) is 41.1 Å². The highest BCUT2D eigenvalue weighted by molar-refractivity contribution is 8.43. The number of nitrogens with one attached hydrogen (secondary N) is 2. The Hall–Kier alpha value is 0.940. The number of carbonyl (C=O) groups excluding carboxylic acids is 1. The summed E-state index contributed by atoms with van der Waals surface area (Å²) in [6.07, 6.45) is 13.2. The third-order valence-electron chi connectivity index (χ3n) is 5.16. The molecule has 0 radical (unpaired) electrons. The number of thioether (sulfide) groups is 7. The number of hydrogen-bond acceptors (Lipinski definition) is 8. The van der Waals surface area contributed by atoms with Gasteiger partial charge in [-0.05, 0) is 11.8 Å². The van der Waals surface area contributed by atoms with Gasteiger partial charge in [0, 0.05) is 30.3 Å². The maximum absolute atomic E-state index is 12.0. The van der Waals surface area contributed by atoms with Crippen molar-refractivity contribution in [2.45, 2.75) is 71.1 Å². The van der Waals surface area contributed by atoms with Crippen molar-refractivity contribution in [3.63, 3.8) is 0 Å². The molecule has 0 saturated heterocycles. The molecule has 0 bridgehead atoms. The fourth-order valence-corrected chi connectivity index (χ4v) is 13.3. The molecule has 0 aliphatic carbocycles. The average molecular weight is 581 g/mol. The van der Waals surface area contributed by atoms with Gasteiger partial charge in [-0.1, -0.05) is 112 Å². The van der Waals surface area contributed by atoms with E-state index in [1.807, 2.05) is 82.3 Å². The Morgan fingerprint density at radius 2 is 1.39 bits per heavy atom. The van der Waals surface area contributed by atoms with E-state index >= 15 is 0 Å². The molecule has 3 aliphatic heterocycles. The van der Waals surface area contributed by atoms with Crippen molar-refractivity contribution in [2.75, 3.05) is 30.3 Å².